The lowest BCUT2D eigenvalue weighted by Crippen LogP contribution is -2.11. The minimum absolute atomic E-state index is 0.839. The van der Waals surface area contributed by atoms with Crippen LogP contribution < -0.4 is 5.32 Å². The Bertz CT molecular complexity index is 617. The quantitative estimate of drug-likeness (QED) is 0.917. The van der Waals surface area contributed by atoms with Crippen LogP contribution in [0.4, 0.5) is 5.82 Å². The standard InChI is InChI=1S/C16H23N5/c1-3-9-17-15-10-16(20-14(4-2)19-15)21-11-18-12-7-5-6-8-13(12)21/h10-11H,3-9H2,1-2H3,(H,17,19,20). The molecule has 0 unspecified atom stereocenters. The van der Waals surface area contributed by atoms with Gasteiger partial charge >= 0.3 is 0 Å². The van der Waals surface area contributed by atoms with E-state index in [0.717, 1.165) is 49.7 Å². The summed E-state index contributed by atoms with van der Waals surface area (Å²) in [5, 5.41) is 3.37. The molecule has 0 saturated heterocycles. The maximum Gasteiger partial charge on any atom is 0.143 e. The fourth-order valence-corrected chi connectivity index (χ4v) is 2.77. The van der Waals surface area contributed by atoms with Crippen LogP contribution in [0.2, 0.25) is 0 Å². The molecule has 0 atom stereocenters. The van der Waals surface area contributed by atoms with Gasteiger partial charge in [-0.3, -0.25) is 4.57 Å². The SMILES string of the molecule is CCCNc1cc(-n2cnc3c2CCCC3)nc(CC)n1. The minimum Gasteiger partial charge on any atom is -0.370 e. The minimum atomic E-state index is 0.839. The first-order chi connectivity index (χ1) is 10.3. The van der Waals surface area contributed by atoms with E-state index in [0.29, 0.717) is 0 Å². The molecule has 1 N–H and O–H groups in total. The summed E-state index contributed by atoms with van der Waals surface area (Å²) in [6.07, 6.45) is 8.52. The van der Waals surface area contributed by atoms with Crippen LogP contribution in [0.1, 0.15) is 50.3 Å². The summed E-state index contributed by atoms with van der Waals surface area (Å²) < 4.78 is 2.15. The maximum absolute atomic E-state index is 4.68. The fourth-order valence-electron chi connectivity index (χ4n) is 2.77. The van der Waals surface area contributed by atoms with Gasteiger partial charge in [0.25, 0.3) is 0 Å². The highest BCUT2D eigenvalue weighted by molar-refractivity contribution is 5.43. The molecule has 0 radical (unpaired) electrons. The van der Waals surface area contributed by atoms with Gasteiger partial charge in [-0.2, -0.15) is 0 Å². The second kappa shape index (κ2) is 6.24. The first-order valence-electron chi connectivity index (χ1n) is 7.99. The fraction of sp³-hybridized carbons (Fsp3) is 0.562. The highest BCUT2D eigenvalue weighted by Gasteiger charge is 2.17. The van der Waals surface area contributed by atoms with Gasteiger partial charge in [-0.1, -0.05) is 13.8 Å². The summed E-state index contributed by atoms with van der Waals surface area (Å²) in [6.45, 7) is 5.18. The first kappa shape index (κ1) is 14.0. The topological polar surface area (TPSA) is 55.6 Å². The van der Waals surface area contributed by atoms with E-state index in [2.05, 4.69) is 38.7 Å². The lowest BCUT2D eigenvalue weighted by molar-refractivity contribution is 0.653. The van der Waals surface area contributed by atoms with Crippen molar-refractivity contribution in [1.82, 2.24) is 19.5 Å². The van der Waals surface area contributed by atoms with Gasteiger partial charge in [-0.15, -0.1) is 0 Å². The number of aromatic nitrogens is 4. The molecule has 1 aliphatic carbocycles. The lowest BCUT2D eigenvalue weighted by Gasteiger charge is -2.15. The second-order valence-corrected chi connectivity index (χ2v) is 5.52. The van der Waals surface area contributed by atoms with Crippen molar-refractivity contribution < 1.29 is 0 Å². The molecular weight excluding hydrogens is 262 g/mol. The number of nitrogens with zero attached hydrogens (tertiary/aromatic N) is 4. The zero-order valence-corrected chi connectivity index (χ0v) is 12.9. The summed E-state index contributed by atoms with van der Waals surface area (Å²) in [4.78, 5) is 13.8. The van der Waals surface area contributed by atoms with Crippen LogP contribution in [0.5, 0.6) is 0 Å². The average molecular weight is 285 g/mol. The van der Waals surface area contributed by atoms with Crippen molar-refractivity contribution in [2.45, 2.75) is 52.4 Å². The van der Waals surface area contributed by atoms with Crippen LogP contribution in [0.3, 0.4) is 0 Å². The first-order valence-corrected chi connectivity index (χ1v) is 7.99. The summed E-state index contributed by atoms with van der Waals surface area (Å²) in [7, 11) is 0. The Morgan fingerprint density at radius 2 is 2.05 bits per heavy atom. The number of imidazole rings is 1. The van der Waals surface area contributed by atoms with Gasteiger partial charge in [-0.25, -0.2) is 15.0 Å². The molecule has 5 heteroatoms. The van der Waals surface area contributed by atoms with E-state index in [1.54, 1.807) is 0 Å². The normalized spacial score (nSPS) is 14.0. The number of hydrogen-bond donors (Lipinski definition) is 1. The van der Waals surface area contributed by atoms with Gasteiger partial charge in [0, 0.05) is 24.7 Å². The van der Waals surface area contributed by atoms with Gasteiger partial charge < -0.3 is 5.32 Å². The molecule has 5 nitrogen and oxygen atoms in total. The molecule has 21 heavy (non-hydrogen) atoms. The largest absolute Gasteiger partial charge is 0.370 e. The summed E-state index contributed by atoms with van der Waals surface area (Å²) in [6, 6.07) is 2.03. The smallest absolute Gasteiger partial charge is 0.143 e. The predicted octanol–water partition coefficient (Wildman–Crippen LogP) is 2.93. The third-order valence-electron chi connectivity index (χ3n) is 3.91. The van der Waals surface area contributed by atoms with E-state index in [4.69, 9.17) is 0 Å². The average Bonchev–Trinajstić information content (AvgIpc) is 2.96. The van der Waals surface area contributed by atoms with E-state index in [1.807, 2.05) is 12.4 Å². The third kappa shape index (κ3) is 2.91. The van der Waals surface area contributed by atoms with Gasteiger partial charge in [-0.05, 0) is 32.1 Å². The van der Waals surface area contributed by atoms with Crippen molar-refractivity contribution in [2.75, 3.05) is 11.9 Å². The number of hydrogen-bond acceptors (Lipinski definition) is 4. The van der Waals surface area contributed by atoms with Gasteiger partial charge in [0.15, 0.2) is 0 Å². The molecule has 2 heterocycles. The molecule has 0 aromatic carbocycles. The molecule has 0 bridgehead atoms. The maximum atomic E-state index is 4.68. The van der Waals surface area contributed by atoms with E-state index in [9.17, 15) is 0 Å². The number of nitrogens with one attached hydrogen (secondary N) is 1. The van der Waals surface area contributed by atoms with Crippen molar-refractivity contribution in [2.24, 2.45) is 0 Å². The molecule has 3 rings (SSSR count). The summed E-state index contributed by atoms with van der Waals surface area (Å²) >= 11 is 0. The molecule has 2 aromatic heterocycles. The Morgan fingerprint density at radius 3 is 2.86 bits per heavy atom. The molecule has 0 fully saturated rings. The van der Waals surface area contributed by atoms with Gasteiger partial charge in [0.1, 0.15) is 23.8 Å². The number of rotatable bonds is 5. The molecule has 1 aliphatic rings. The van der Waals surface area contributed by atoms with Gasteiger partial charge in [0.05, 0.1) is 5.69 Å². The van der Waals surface area contributed by atoms with Crippen molar-refractivity contribution >= 4 is 5.82 Å². The van der Waals surface area contributed by atoms with Crippen LogP contribution >= 0.6 is 0 Å². The highest BCUT2D eigenvalue weighted by atomic mass is 15.2. The lowest BCUT2D eigenvalue weighted by atomic mass is 10.0. The Hall–Kier alpha value is -1.91. The zero-order valence-electron chi connectivity index (χ0n) is 12.9. The Kier molecular flexibility index (Phi) is 4.18. The molecule has 2 aromatic rings. The molecule has 112 valence electrons. The van der Waals surface area contributed by atoms with Crippen LogP contribution in [-0.2, 0) is 19.3 Å². The van der Waals surface area contributed by atoms with Crippen molar-refractivity contribution in [3.05, 3.63) is 29.6 Å². The van der Waals surface area contributed by atoms with E-state index in [1.165, 1.54) is 24.2 Å². The van der Waals surface area contributed by atoms with E-state index in [-0.39, 0.29) is 0 Å². The molecule has 0 saturated carbocycles. The Labute approximate surface area is 125 Å². The van der Waals surface area contributed by atoms with Crippen molar-refractivity contribution in [1.29, 1.82) is 0 Å². The summed E-state index contributed by atoms with van der Waals surface area (Å²) in [5.41, 5.74) is 2.56. The monoisotopic (exact) mass is 285 g/mol. The van der Waals surface area contributed by atoms with Crippen LogP contribution in [0.15, 0.2) is 12.4 Å². The number of fused-ring (bicyclic) bond motifs is 1. The van der Waals surface area contributed by atoms with Crippen molar-refractivity contribution in [3.63, 3.8) is 0 Å². The number of anilines is 1. The van der Waals surface area contributed by atoms with E-state index >= 15 is 0 Å². The Balaban J connectivity index is 1.98. The van der Waals surface area contributed by atoms with Crippen LogP contribution in [-0.4, -0.2) is 26.1 Å². The van der Waals surface area contributed by atoms with Crippen molar-refractivity contribution in [3.8, 4) is 5.82 Å². The molecule has 0 amide bonds. The molecular formula is C16H23N5. The predicted molar refractivity (Wildman–Crippen MR) is 84.0 cm³/mol. The highest BCUT2D eigenvalue weighted by Crippen LogP contribution is 2.23. The van der Waals surface area contributed by atoms with Crippen LogP contribution in [0.25, 0.3) is 5.82 Å². The Morgan fingerprint density at radius 1 is 1.19 bits per heavy atom. The summed E-state index contributed by atoms with van der Waals surface area (Å²) in [5.74, 6) is 2.73. The molecule has 0 aliphatic heterocycles. The van der Waals surface area contributed by atoms with Crippen LogP contribution in [0, 0.1) is 0 Å². The zero-order chi connectivity index (χ0) is 14.7. The second-order valence-electron chi connectivity index (χ2n) is 5.52. The molecule has 0 spiro atoms. The third-order valence-corrected chi connectivity index (χ3v) is 3.91. The number of aryl methyl sites for hydroxylation is 2. The van der Waals surface area contributed by atoms with E-state index < -0.39 is 0 Å². The van der Waals surface area contributed by atoms with Gasteiger partial charge in [0.2, 0.25) is 0 Å².